The van der Waals surface area contributed by atoms with E-state index in [-0.39, 0.29) is 11.8 Å². The van der Waals surface area contributed by atoms with Crippen molar-refractivity contribution >= 4 is 5.78 Å². The van der Waals surface area contributed by atoms with E-state index in [1.165, 1.54) is 0 Å². The first-order chi connectivity index (χ1) is 6.66. The lowest BCUT2D eigenvalue weighted by Gasteiger charge is -2.12. The number of ketones is 1. The van der Waals surface area contributed by atoms with Crippen molar-refractivity contribution in [3.8, 4) is 0 Å². The molecule has 0 saturated carbocycles. The number of aryl methyl sites for hydroxylation is 1. The number of likely N-dealkylation sites (N-methyl/N-ethyl adjacent to an activating group) is 1. The zero-order valence-electron chi connectivity index (χ0n) is 9.00. The van der Waals surface area contributed by atoms with Crippen LogP contribution in [-0.2, 0) is 0 Å². The lowest BCUT2D eigenvalue weighted by Crippen LogP contribution is -2.34. The van der Waals surface area contributed by atoms with Gasteiger partial charge in [-0.15, -0.1) is 0 Å². The van der Waals surface area contributed by atoms with E-state index in [4.69, 9.17) is 0 Å². The van der Waals surface area contributed by atoms with Crippen LogP contribution in [0.5, 0.6) is 0 Å². The summed E-state index contributed by atoms with van der Waals surface area (Å²) in [4.78, 5) is 11.9. The summed E-state index contributed by atoms with van der Waals surface area (Å²) in [5.74, 6) is 0.171. The number of Topliss-reactive ketones (excluding diaryl/α,β-unsaturated/α-hetero) is 1. The highest BCUT2D eigenvalue weighted by molar-refractivity contribution is 6.01. The Balaban J connectivity index is 2.84. The molecule has 1 aromatic carbocycles. The van der Waals surface area contributed by atoms with Gasteiger partial charge in [-0.1, -0.05) is 31.2 Å². The number of carbonyl (C=O) groups is 1. The second kappa shape index (κ2) is 4.91. The number of carbonyl (C=O) groups excluding carboxylic acids is 1. The Morgan fingerprint density at radius 3 is 2.64 bits per heavy atom. The largest absolute Gasteiger partial charge is 0.308 e. The maximum Gasteiger partial charge on any atom is 0.179 e. The third-order valence-electron chi connectivity index (χ3n) is 2.31. The molecule has 1 rings (SSSR count). The molecule has 0 bridgehead atoms. The van der Waals surface area contributed by atoms with Crippen molar-refractivity contribution in [3.05, 3.63) is 35.4 Å². The van der Waals surface area contributed by atoms with Gasteiger partial charge in [-0.25, -0.2) is 0 Å². The molecule has 0 aromatic heterocycles. The van der Waals surface area contributed by atoms with Gasteiger partial charge in [-0.05, 0) is 26.0 Å². The minimum absolute atomic E-state index is 0.0962. The Bertz CT molecular complexity index is 320. The Hall–Kier alpha value is -1.15. The molecule has 2 nitrogen and oxygen atoms in total. The normalized spacial score (nSPS) is 12.5. The van der Waals surface area contributed by atoms with E-state index in [0.717, 1.165) is 17.7 Å². The average Bonchev–Trinajstić information content (AvgIpc) is 2.18. The summed E-state index contributed by atoms with van der Waals surface area (Å²) in [6.45, 7) is 6.69. The van der Waals surface area contributed by atoms with Crippen LogP contribution in [0.4, 0.5) is 0 Å². The minimum atomic E-state index is -0.0962. The van der Waals surface area contributed by atoms with Crippen LogP contribution in [0.1, 0.15) is 29.8 Å². The van der Waals surface area contributed by atoms with Gasteiger partial charge >= 0.3 is 0 Å². The maximum absolute atomic E-state index is 11.9. The smallest absolute Gasteiger partial charge is 0.179 e. The zero-order chi connectivity index (χ0) is 10.6. The fourth-order valence-corrected chi connectivity index (χ4v) is 1.48. The summed E-state index contributed by atoms with van der Waals surface area (Å²) in [5.41, 5.74) is 1.86. The molecular formula is C12H17NO. The molecule has 2 heteroatoms. The first kappa shape index (κ1) is 10.9. The highest BCUT2D eigenvalue weighted by atomic mass is 16.1. The molecule has 0 saturated heterocycles. The molecule has 0 spiro atoms. The summed E-state index contributed by atoms with van der Waals surface area (Å²) in [6.07, 6.45) is 0. The van der Waals surface area contributed by atoms with E-state index in [1.54, 1.807) is 0 Å². The first-order valence-corrected chi connectivity index (χ1v) is 5.00. The van der Waals surface area contributed by atoms with Crippen molar-refractivity contribution in [2.24, 2.45) is 0 Å². The number of hydrogen-bond donors (Lipinski definition) is 1. The van der Waals surface area contributed by atoms with Crippen molar-refractivity contribution in [3.63, 3.8) is 0 Å². The molecule has 0 aliphatic rings. The van der Waals surface area contributed by atoms with Gasteiger partial charge in [0.05, 0.1) is 6.04 Å². The van der Waals surface area contributed by atoms with Crippen LogP contribution in [-0.4, -0.2) is 18.4 Å². The second-order valence-corrected chi connectivity index (χ2v) is 3.46. The average molecular weight is 191 g/mol. The second-order valence-electron chi connectivity index (χ2n) is 3.46. The SMILES string of the molecule is CCN[C@H](C)C(=O)c1ccccc1C. The van der Waals surface area contributed by atoms with Crippen LogP contribution < -0.4 is 5.32 Å². The van der Waals surface area contributed by atoms with E-state index in [1.807, 2.05) is 45.0 Å². The van der Waals surface area contributed by atoms with E-state index in [2.05, 4.69) is 5.32 Å². The van der Waals surface area contributed by atoms with Gasteiger partial charge in [0.1, 0.15) is 0 Å². The summed E-state index contributed by atoms with van der Waals surface area (Å²) < 4.78 is 0. The van der Waals surface area contributed by atoms with Crippen LogP contribution in [0.25, 0.3) is 0 Å². The van der Waals surface area contributed by atoms with E-state index < -0.39 is 0 Å². The molecule has 0 aliphatic carbocycles. The monoisotopic (exact) mass is 191 g/mol. The highest BCUT2D eigenvalue weighted by Crippen LogP contribution is 2.09. The Kier molecular flexibility index (Phi) is 3.84. The zero-order valence-corrected chi connectivity index (χ0v) is 9.00. The van der Waals surface area contributed by atoms with Gasteiger partial charge in [-0.2, -0.15) is 0 Å². The maximum atomic E-state index is 11.9. The van der Waals surface area contributed by atoms with Gasteiger partial charge in [0.15, 0.2) is 5.78 Å². The van der Waals surface area contributed by atoms with Gasteiger partial charge in [0.2, 0.25) is 0 Å². The van der Waals surface area contributed by atoms with Crippen LogP contribution >= 0.6 is 0 Å². The molecule has 0 unspecified atom stereocenters. The molecular weight excluding hydrogens is 174 g/mol. The molecule has 0 radical (unpaired) electrons. The van der Waals surface area contributed by atoms with Crippen molar-refractivity contribution in [2.45, 2.75) is 26.8 Å². The molecule has 14 heavy (non-hydrogen) atoms. The molecule has 1 aromatic rings. The third-order valence-corrected chi connectivity index (χ3v) is 2.31. The van der Waals surface area contributed by atoms with Gasteiger partial charge < -0.3 is 5.32 Å². The third kappa shape index (κ3) is 2.42. The molecule has 1 N–H and O–H groups in total. The van der Waals surface area contributed by atoms with Crippen molar-refractivity contribution in [1.29, 1.82) is 0 Å². The van der Waals surface area contributed by atoms with Crippen molar-refractivity contribution in [2.75, 3.05) is 6.54 Å². The Morgan fingerprint density at radius 2 is 2.07 bits per heavy atom. The van der Waals surface area contributed by atoms with Gasteiger partial charge in [0, 0.05) is 5.56 Å². The lowest BCUT2D eigenvalue weighted by atomic mass is 10.0. The molecule has 0 fully saturated rings. The Labute approximate surface area is 85.3 Å². The van der Waals surface area contributed by atoms with Crippen LogP contribution in [0.15, 0.2) is 24.3 Å². The number of nitrogens with one attached hydrogen (secondary N) is 1. The number of rotatable bonds is 4. The van der Waals surface area contributed by atoms with Gasteiger partial charge in [-0.3, -0.25) is 4.79 Å². The van der Waals surface area contributed by atoms with Crippen molar-refractivity contribution < 1.29 is 4.79 Å². The number of benzene rings is 1. The summed E-state index contributed by atoms with van der Waals surface area (Å²) in [7, 11) is 0. The number of hydrogen-bond acceptors (Lipinski definition) is 2. The van der Waals surface area contributed by atoms with E-state index in [0.29, 0.717) is 0 Å². The first-order valence-electron chi connectivity index (χ1n) is 5.00. The molecule has 1 atom stereocenters. The predicted molar refractivity (Wildman–Crippen MR) is 58.6 cm³/mol. The standard InChI is InChI=1S/C12H17NO/c1-4-13-10(3)12(14)11-8-6-5-7-9(11)2/h5-8,10,13H,4H2,1-3H3/t10-/m1/s1. The minimum Gasteiger partial charge on any atom is -0.308 e. The summed E-state index contributed by atoms with van der Waals surface area (Å²) in [6, 6.07) is 7.60. The fourth-order valence-electron chi connectivity index (χ4n) is 1.48. The molecule has 0 amide bonds. The fraction of sp³-hybridized carbons (Fsp3) is 0.417. The van der Waals surface area contributed by atoms with Crippen LogP contribution in [0, 0.1) is 6.92 Å². The van der Waals surface area contributed by atoms with Gasteiger partial charge in [0.25, 0.3) is 0 Å². The highest BCUT2D eigenvalue weighted by Gasteiger charge is 2.14. The Morgan fingerprint density at radius 1 is 1.43 bits per heavy atom. The summed E-state index contributed by atoms with van der Waals surface area (Å²) in [5, 5.41) is 3.12. The van der Waals surface area contributed by atoms with Crippen LogP contribution in [0.2, 0.25) is 0 Å². The molecule has 0 aliphatic heterocycles. The molecule has 76 valence electrons. The predicted octanol–water partition coefficient (Wildman–Crippen LogP) is 2.18. The quantitative estimate of drug-likeness (QED) is 0.739. The molecule has 0 heterocycles. The van der Waals surface area contributed by atoms with E-state index >= 15 is 0 Å². The summed E-state index contributed by atoms with van der Waals surface area (Å²) >= 11 is 0. The topological polar surface area (TPSA) is 29.1 Å². The lowest BCUT2D eigenvalue weighted by molar-refractivity contribution is 0.0951. The van der Waals surface area contributed by atoms with Crippen molar-refractivity contribution in [1.82, 2.24) is 5.32 Å². The van der Waals surface area contributed by atoms with Crippen LogP contribution in [0.3, 0.4) is 0 Å². The van der Waals surface area contributed by atoms with E-state index in [9.17, 15) is 4.79 Å².